The number of nitrogens with zero attached hydrogens (tertiary/aromatic N) is 3. The number of aromatic amines is 1. The average Bonchev–Trinajstić information content (AvgIpc) is 3.26. The van der Waals surface area contributed by atoms with Crippen LogP contribution in [0.1, 0.15) is 42.0 Å². The lowest BCUT2D eigenvalue weighted by Gasteiger charge is -2.35. The number of nitrogens with one attached hydrogen (secondary N) is 2. The molecule has 1 amide bonds. The van der Waals surface area contributed by atoms with Gasteiger partial charge in [-0.25, -0.2) is 4.79 Å². The molecule has 4 aromatic rings. The van der Waals surface area contributed by atoms with Crippen molar-refractivity contribution >= 4 is 16.9 Å². The first-order valence-electron chi connectivity index (χ1n) is 13.2. The van der Waals surface area contributed by atoms with Gasteiger partial charge in [0.2, 0.25) is 5.91 Å². The second-order valence-corrected chi connectivity index (χ2v) is 10.2. The van der Waals surface area contributed by atoms with Crippen LogP contribution in [0.15, 0.2) is 71.8 Å². The monoisotopic (exact) mass is 509 g/mol. The fraction of sp³-hybridized carbons (Fsp3) is 0.300. The summed E-state index contributed by atoms with van der Waals surface area (Å²) in [6.07, 6.45) is 7.38. The standard InChI is InChI=1S/C30H31N5O3/c36-23-8-9-24-21(17-23)7-10-26(25(24)16-20-4-3-13-31-18-20)32-29(37)19-34-14-11-22(12-15-34)35-28-6-2-1-5-27(28)33-30(35)38/h1-6,8-9,13,17-18,22,36H,7,10-12,14-16,19H2,(H,32,37)(H,33,38). The molecule has 0 bridgehead atoms. The third kappa shape index (κ3) is 4.96. The summed E-state index contributed by atoms with van der Waals surface area (Å²) in [5, 5.41) is 13.2. The molecule has 0 spiro atoms. The zero-order valence-electron chi connectivity index (χ0n) is 21.2. The molecular weight excluding hydrogens is 478 g/mol. The van der Waals surface area contributed by atoms with Crippen LogP contribution in [-0.2, 0) is 17.6 Å². The van der Waals surface area contributed by atoms with E-state index in [4.69, 9.17) is 0 Å². The van der Waals surface area contributed by atoms with Gasteiger partial charge in [0.25, 0.3) is 0 Å². The van der Waals surface area contributed by atoms with Gasteiger partial charge in [-0.15, -0.1) is 0 Å². The zero-order chi connectivity index (χ0) is 26.1. The van der Waals surface area contributed by atoms with E-state index in [0.717, 1.165) is 72.0 Å². The van der Waals surface area contributed by atoms with E-state index in [1.165, 1.54) is 0 Å². The Labute approximate surface area is 221 Å². The Hall–Kier alpha value is -3.91. The molecule has 0 saturated carbocycles. The Morgan fingerprint density at radius 1 is 1.08 bits per heavy atom. The normalized spacial score (nSPS) is 17.5. The van der Waals surface area contributed by atoms with Gasteiger partial charge in [0.15, 0.2) is 0 Å². The second-order valence-electron chi connectivity index (χ2n) is 10.2. The van der Waals surface area contributed by atoms with Crippen molar-refractivity contribution in [3.63, 3.8) is 0 Å². The van der Waals surface area contributed by atoms with Gasteiger partial charge in [0.1, 0.15) is 5.75 Å². The van der Waals surface area contributed by atoms with Crippen LogP contribution in [-0.4, -0.2) is 50.1 Å². The quantitative estimate of drug-likeness (QED) is 0.369. The first-order chi connectivity index (χ1) is 18.5. The van der Waals surface area contributed by atoms with Crippen LogP contribution in [0.5, 0.6) is 5.75 Å². The predicted molar refractivity (Wildman–Crippen MR) is 145 cm³/mol. The summed E-state index contributed by atoms with van der Waals surface area (Å²) in [5.74, 6) is 1.31. The number of hydrogen-bond acceptors (Lipinski definition) is 5. The van der Waals surface area contributed by atoms with Crippen molar-refractivity contribution in [1.29, 1.82) is 0 Å². The molecule has 3 heterocycles. The van der Waals surface area contributed by atoms with E-state index in [1.807, 2.05) is 59.3 Å². The third-order valence-corrected chi connectivity index (χ3v) is 7.73. The lowest BCUT2D eigenvalue weighted by atomic mass is 9.76. The minimum Gasteiger partial charge on any atom is -0.508 e. The van der Waals surface area contributed by atoms with E-state index >= 15 is 0 Å². The molecule has 38 heavy (non-hydrogen) atoms. The van der Waals surface area contributed by atoms with Gasteiger partial charge < -0.3 is 15.4 Å². The highest BCUT2D eigenvalue weighted by molar-refractivity contribution is 5.80. The number of aryl methyl sites for hydroxylation is 1. The Morgan fingerprint density at radius 3 is 2.74 bits per heavy atom. The first kappa shape index (κ1) is 24.4. The maximum absolute atomic E-state index is 13.2. The summed E-state index contributed by atoms with van der Waals surface area (Å²) < 4.78 is 1.87. The number of amides is 1. The number of likely N-dealkylation sites (tertiary alicyclic amines) is 1. The van der Waals surface area contributed by atoms with E-state index in [-0.39, 0.29) is 23.4 Å². The summed E-state index contributed by atoms with van der Waals surface area (Å²) in [4.78, 5) is 35.1. The molecule has 0 unspecified atom stereocenters. The summed E-state index contributed by atoms with van der Waals surface area (Å²) >= 11 is 0. The lowest BCUT2D eigenvalue weighted by molar-refractivity contribution is -0.122. The van der Waals surface area contributed by atoms with Crippen LogP contribution < -0.4 is 11.0 Å². The molecule has 8 heteroatoms. The number of aromatic nitrogens is 3. The number of hydrogen-bond donors (Lipinski definition) is 3. The van der Waals surface area contributed by atoms with Gasteiger partial charge in [-0.2, -0.15) is 0 Å². The molecule has 1 fully saturated rings. The van der Waals surface area contributed by atoms with Crippen LogP contribution in [0.3, 0.4) is 0 Å². The highest BCUT2D eigenvalue weighted by Gasteiger charge is 2.33. The maximum atomic E-state index is 13.2. The van der Waals surface area contributed by atoms with Gasteiger partial charge in [-0.3, -0.25) is 19.2 Å². The Balaban J connectivity index is 1.11. The molecule has 2 aliphatic rings. The largest absolute Gasteiger partial charge is 0.508 e. The molecule has 1 aliphatic carbocycles. The third-order valence-electron chi connectivity index (χ3n) is 7.73. The number of aromatic hydroxyl groups is 1. The van der Waals surface area contributed by atoms with Crippen molar-refractivity contribution in [3.8, 4) is 5.75 Å². The van der Waals surface area contributed by atoms with Crippen molar-refractivity contribution in [1.82, 2.24) is 24.8 Å². The van der Waals surface area contributed by atoms with Crippen molar-refractivity contribution in [2.24, 2.45) is 0 Å². The molecule has 0 atom stereocenters. The Bertz CT molecular complexity index is 1490. The molecule has 194 valence electrons. The number of phenolic OH excluding ortho intramolecular Hbond substituents is 1. The van der Waals surface area contributed by atoms with Crippen molar-refractivity contribution in [3.05, 3.63) is 106 Å². The Kier molecular flexibility index (Phi) is 6.72. The zero-order valence-corrected chi connectivity index (χ0v) is 21.2. The number of fused-ring (bicyclic) bond motifs is 2. The number of carbonyl (C=O) groups excluding carboxylic acids is 1. The van der Waals surface area contributed by atoms with Crippen molar-refractivity contribution in [2.45, 2.75) is 38.1 Å². The molecule has 6 rings (SSSR count). The number of benzene rings is 2. The number of rotatable bonds is 6. The van der Waals surface area contributed by atoms with E-state index in [1.54, 1.807) is 12.3 Å². The minimum absolute atomic E-state index is 0.0198. The second kappa shape index (κ2) is 10.5. The highest BCUT2D eigenvalue weighted by atomic mass is 16.3. The molecule has 2 aromatic carbocycles. The number of imidazole rings is 1. The van der Waals surface area contributed by atoms with Gasteiger partial charge >= 0.3 is 5.69 Å². The number of H-pyrrole nitrogens is 1. The van der Waals surface area contributed by atoms with Gasteiger partial charge in [0.05, 0.1) is 23.6 Å². The summed E-state index contributed by atoms with van der Waals surface area (Å²) in [6.45, 7) is 1.84. The molecule has 3 N–H and O–H groups in total. The summed E-state index contributed by atoms with van der Waals surface area (Å²) in [5.41, 5.74) is 4.97. The average molecular weight is 510 g/mol. The predicted octanol–water partition coefficient (Wildman–Crippen LogP) is 3.53. The summed E-state index contributed by atoms with van der Waals surface area (Å²) in [6, 6.07) is 18.3. The molecular formula is C30H31N5O3. The molecule has 2 aromatic heterocycles. The van der Waals surface area contributed by atoms with Crippen LogP contribution in [0.4, 0.5) is 0 Å². The van der Waals surface area contributed by atoms with Crippen LogP contribution >= 0.6 is 0 Å². The number of carbonyl (C=O) groups is 1. The maximum Gasteiger partial charge on any atom is 0.326 e. The van der Waals surface area contributed by atoms with Crippen LogP contribution in [0.2, 0.25) is 0 Å². The van der Waals surface area contributed by atoms with E-state index in [0.29, 0.717) is 19.4 Å². The fourth-order valence-corrected chi connectivity index (χ4v) is 5.88. The fourth-order valence-electron chi connectivity index (χ4n) is 5.88. The first-order valence-corrected chi connectivity index (χ1v) is 13.2. The summed E-state index contributed by atoms with van der Waals surface area (Å²) in [7, 11) is 0. The minimum atomic E-state index is -0.0682. The lowest BCUT2D eigenvalue weighted by Crippen LogP contribution is -2.45. The van der Waals surface area contributed by atoms with E-state index in [9.17, 15) is 14.7 Å². The topological polar surface area (TPSA) is 103 Å². The van der Waals surface area contributed by atoms with Crippen molar-refractivity contribution < 1.29 is 9.90 Å². The number of para-hydroxylation sites is 2. The number of pyridine rings is 1. The molecule has 8 nitrogen and oxygen atoms in total. The van der Waals surface area contributed by atoms with Gasteiger partial charge in [-0.05, 0) is 79.1 Å². The SMILES string of the molecule is O=C(CN1CCC(n2c(=O)[nH]c3ccccc32)CC1)N[C]1CCc2cc(O)ccc2[C]1Cc1cccnc1. The van der Waals surface area contributed by atoms with Crippen LogP contribution in [0.25, 0.3) is 11.0 Å². The van der Waals surface area contributed by atoms with E-state index < -0.39 is 0 Å². The molecule has 1 aliphatic heterocycles. The van der Waals surface area contributed by atoms with Gasteiger partial charge in [0, 0.05) is 37.4 Å². The highest BCUT2D eigenvalue weighted by Crippen LogP contribution is 2.39. The number of phenols is 1. The smallest absolute Gasteiger partial charge is 0.326 e. The van der Waals surface area contributed by atoms with E-state index in [2.05, 4.69) is 20.2 Å². The Morgan fingerprint density at radius 2 is 1.92 bits per heavy atom. The number of piperidine rings is 1. The molecule has 1 saturated heterocycles. The van der Waals surface area contributed by atoms with Crippen LogP contribution in [0, 0.1) is 12.0 Å². The molecule has 2 radical (unpaired) electrons. The van der Waals surface area contributed by atoms with Gasteiger partial charge in [-0.1, -0.05) is 24.3 Å². The van der Waals surface area contributed by atoms with Crippen molar-refractivity contribution in [2.75, 3.05) is 19.6 Å².